The lowest BCUT2D eigenvalue weighted by Gasteiger charge is -2.12. The van der Waals surface area contributed by atoms with Crippen molar-refractivity contribution in [2.45, 2.75) is 44.6 Å². The number of hydrogen-bond acceptors (Lipinski definition) is 2. The molecule has 0 aromatic heterocycles. The molecule has 1 aromatic rings. The van der Waals surface area contributed by atoms with Gasteiger partial charge in [0.2, 0.25) is 0 Å². The van der Waals surface area contributed by atoms with Gasteiger partial charge in [-0.1, -0.05) is 32.0 Å². The molecule has 1 rings (SSSR count). The SMILES string of the molecule is Cc1ccccc1SCC(O)CCC(C)C. The van der Waals surface area contributed by atoms with E-state index in [0.717, 1.165) is 18.6 Å². The van der Waals surface area contributed by atoms with E-state index in [1.54, 1.807) is 11.8 Å². The highest BCUT2D eigenvalue weighted by Gasteiger charge is 2.07. The Balaban J connectivity index is 2.31. The van der Waals surface area contributed by atoms with Crippen molar-refractivity contribution in [1.82, 2.24) is 0 Å². The van der Waals surface area contributed by atoms with Gasteiger partial charge in [-0.2, -0.15) is 0 Å². The first-order valence-corrected chi connectivity index (χ1v) is 6.94. The zero-order chi connectivity index (χ0) is 12.0. The maximum Gasteiger partial charge on any atom is 0.0634 e. The van der Waals surface area contributed by atoms with E-state index in [2.05, 4.69) is 45.0 Å². The van der Waals surface area contributed by atoms with Crippen LogP contribution in [-0.4, -0.2) is 17.0 Å². The van der Waals surface area contributed by atoms with Crippen LogP contribution in [0.5, 0.6) is 0 Å². The van der Waals surface area contributed by atoms with Crippen LogP contribution in [0.25, 0.3) is 0 Å². The minimum absolute atomic E-state index is 0.174. The van der Waals surface area contributed by atoms with Crippen molar-refractivity contribution in [3.05, 3.63) is 29.8 Å². The number of aliphatic hydroxyl groups is 1. The molecule has 1 nitrogen and oxygen atoms in total. The first-order valence-electron chi connectivity index (χ1n) is 5.96. The molecule has 1 N–H and O–H groups in total. The lowest BCUT2D eigenvalue weighted by atomic mass is 10.1. The summed E-state index contributed by atoms with van der Waals surface area (Å²) in [6.45, 7) is 6.51. The number of thioether (sulfide) groups is 1. The summed E-state index contributed by atoms with van der Waals surface area (Å²) in [5, 5.41) is 9.83. The van der Waals surface area contributed by atoms with Crippen LogP contribution in [0.4, 0.5) is 0 Å². The van der Waals surface area contributed by atoms with E-state index in [-0.39, 0.29) is 6.10 Å². The molecule has 1 aromatic carbocycles. The van der Waals surface area contributed by atoms with Gasteiger partial charge in [0.15, 0.2) is 0 Å². The Hall–Kier alpha value is -0.470. The monoisotopic (exact) mass is 238 g/mol. The molecule has 1 atom stereocenters. The molecule has 0 saturated carbocycles. The Kier molecular flexibility index (Phi) is 5.93. The average molecular weight is 238 g/mol. The molecule has 0 amide bonds. The maximum atomic E-state index is 9.83. The predicted octanol–water partition coefficient (Wildman–Crippen LogP) is 3.88. The molecule has 0 heterocycles. The van der Waals surface area contributed by atoms with Crippen molar-refractivity contribution in [1.29, 1.82) is 0 Å². The van der Waals surface area contributed by atoms with E-state index in [1.165, 1.54) is 10.5 Å². The topological polar surface area (TPSA) is 20.2 Å². The highest BCUT2D eigenvalue weighted by atomic mass is 32.2. The quantitative estimate of drug-likeness (QED) is 0.759. The second-order valence-corrected chi connectivity index (χ2v) is 5.76. The molecule has 1 unspecified atom stereocenters. The molecule has 0 spiro atoms. The van der Waals surface area contributed by atoms with E-state index >= 15 is 0 Å². The number of hydrogen-bond donors (Lipinski definition) is 1. The molecular formula is C14H22OS. The number of aliphatic hydroxyl groups excluding tert-OH is 1. The molecule has 0 aliphatic heterocycles. The average Bonchev–Trinajstić information content (AvgIpc) is 2.25. The summed E-state index contributed by atoms with van der Waals surface area (Å²) in [4.78, 5) is 1.28. The van der Waals surface area contributed by atoms with Crippen LogP contribution in [0.1, 0.15) is 32.3 Å². The van der Waals surface area contributed by atoms with Crippen LogP contribution >= 0.6 is 11.8 Å². The van der Waals surface area contributed by atoms with Gasteiger partial charge in [-0.3, -0.25) is 0 Å². The lowest BCUT2D eigenvalue weighted by Crippen LogP contribution is -2.10. The summed E-state index contributed by atoms with van der Waals surface area (Å²) in [7, 11) is 0. The highest BCUT2D eigenvalue weighted by molar-refractivity contribution is 7.99. The lowest BCUT2D eigenvalue weighted by molar-refractivity contribution is 0.180. The Labute approximate surface area is 103 Å². The molecule has 0 fully saturated rings. The van der Waals surface area contributed by atoms with Crippen molar-refractivity contribution in [2.75, 3.05) is 5.75 Å². The van der Waals surface area contributed by atoms with Crippen LogP contribution in [0.3, 0.4) is 0 Å². The van der Waals surface area contributed by atoms with E-state index in [9.17, 15) is 5.11 Å². The standard InChI is InChI=1S/C14H22OS/c1-11(2)8-9-13(15)10-16-14-7-5-4-6-12(14)3/h4-7,11,13,15H,8-10H2,1-3H3. The molecule has 16 heavy (non-hydrogen) atoms. The Bertz CT molecular complexity index is 309. The summed E-state index contributed by atoms with van der Waals surface area (Å²) < 4.78 is 0. The van der Waals surface area contributed by atoms with Gasteiger partial charge in [0.05, 0.1) is 6.10 Å². The number of benzene rings is 1. The van der Waals surface area contributed by atoms with Crippen LogP contribution in [-0.2, 0) is 0 Å². The fourth-order valence-corrected chi connectivity index (χ4v) is 2.52. The fourth-order valence-electron chi connectivity index (χ4n) is 1.51. The summed E-state index contributed by atoms with van der Waals surface area (Å²) in [5.74, 6) is 1.48. The second kappa shape index (κ2) is 6.97. The van der Waals surface area contributed by atoms with Crippen molar-refractivity contribution in [3.8, 4) is 0 Å². The molecule has 90 valence electrons. The van der Waals surface area contributed by atoms with Gasteiger partial charge >= 0.3 is 0 Å². The molecular weight excluding hydrogens is 216 g/mol. The summed E-state index contributed by atoms with van der Waals surface area (Å²) in [6.07, 6.45) is 1.85. The third-order valence-electron chi connectivity index (χ3n) is 2.60. The summed E-state index contributed by atoms with van der Waals surface area (Å²) in [6, 6.07) is 8.34. The second-order valence-electron chi connectivity index (χ2n) is 4.70. The number of aryl methyl sites for hydroxylation is 1. The zero-order valence-electron chi connectivity index (χ0n) is 10.4. The molecule has 0 aliphatic carbocycles. The van der Waals surface area contributed by atoms with E-state index < -0.39 is 0 Å². The van der Waals surface area contributed by atoms with Gasteiger partial charge in [-0.25, -0.2) is 0 Å². The van der Waals surface area contributed by atoms with Gasteiger partial charge < -0.3 is 5.11 Å². The van der Waals surface area contributed by atoms with Crippen molar-refractivity contribution in [2.24, 2.45) is 5.92 Å². The Morgan fingerprint density at radius 3 is 2.50 bits per heavy atom. The Morgan fingerprint density at radius 1 is 1.19 bits per heavy atom. The molecule has 0 radical (unpaired) electrons. The number of rotatable bonds is 6. The van der Waals surface area contributed by atoms with Crippen molar-refractivity contribution < 1.29 is 5.11 Å². The molecule has 2 heteroatoms. The molecule has 0 aliphatic rings. The Morgan fingerprint density at radius 2 is 1.88 bits per heavy atom. The van der Waals surface area contributed by atoms with Crippen LogP contribution < -0.4 is 0 Å². The largest absolute Gasteiger partial charge is 0.392 e. The van der Waals surface area contributed by atoms with Crippen LogP contribution in [0, 0.1) is 12.8 Å². The van der Waals surface area contributed by atoms with Gasteiger partial charge in [-0.15, -0.1) is 11.8 Å². The minimum atomic E-state index is -0.174. The minimum Gasteiger partial charge on any atom is -0.392 e. The predicted molar refractivity (Wildman–Crippen MR) is 72.0 cm³/mol. The molecule has 0 saturated heterocycles. The van der Waals surface area contributed by atoms with E-state index in [4.69, 9.17) is 0 Å². The first kappa shape index (κ1) is 13.6. The van der Waals surface area contributed by atoms with E-state index in [1.807, 2.05) is 0 Å². The van der Waals surface area contributed by atoms with Gasteiger partial charge in [0, 0.05) is 10.6 Å². The zero-order valence-corrected chi connectivity index (χ0v) is 11.3. The van der Waals surface area contributed by atoms with Gasteiger partial charge in [0.25, 0.3) is 0 Å². The van der Waals surface area contributed by atoms with Crippen LogP contribution in [0.2, 0.25) is 0 Å². The van der Waals surface area contributed by atoms with Gasteiger partial charge in [-0.05, 0) is 37.3 Å². The maximum absolute atomic E-state index is 9.83. The molecule has 0 bridgehead atoms. The first-order chi connectivity index (χ1) is 7.59. The smallest absolute Gasteiger partial charge is 0.0634 e. The summed E-state index contributed by atoms with van der Waals surface area (Å²) >= 11 is 1.76. The van der Waals surface area contributed by atoms with Crippen molar-refractivity contribution >= 4 is 11.8 Å². The normalized spacial score (nSPS) is 13.1. The fraction of sp³-hybridized carbons (Fsp3) is 0.571. The van der Waals surface area contributed by atoms with Crippen LogP contribution in [0.15, 0.2) is 29.2 Å². The van der Waals surface area contributed by atoms with Gasteiger partial charge in [0.1, 0.15) is 0 Å². The van der Waals surface area contributed by atoms with E-state index in [0.29, 0.717) is 5.92 Å². The third-order valence-corrected chi connectivity index (χ3v) is 3.92. The summed E-state index contributed by atoms with van der Waals surface area (Å²) in [5.41, 5.74) is 1.29. The van der Waals surface area contributed by atoms with Crippen molar-refractivity contribution in [3.63, 3.8) is 0 Å². The third kappa shape index (κ3) is 5.04. The highest BCUT2D eigenvalue weighted by Crippen LogP contribution is 2.23.